The Kier molecular flexibility index (Phi) is 9.42. The topological polar surface area (TPSA) is 18.5 Å². The van der Waals surface area contributed by atoms with E-state index >= 15 is 0 Å². The van der Waals surface area contributed by atoms with Gasteiger partial charge in [0, 0.05) is 12.8 Å². The first-order chi connectivity index (χ1) is 18.2. The Morgan fingerprint density at radius 1 is 0.718 bits per heavy atom. The van der Waals surface area contributed by atoms with Crippen LogP contribution in [0.15, 0.2) is 36.4 Å². The maximum atomic E-state index is 6.44. The molecule has 4 rings (SSSR count). The van der Waals surface area contributed by atoms with Gasteiger partial charge < -0.3 is 9.47 Å². The molecule has 0 bridgehead atoms. The van der Waals surface area contributed by atoms with Crippen molar-refractivity contribution in [3.63, 3.8) is 0 Å². The molecule has 2 heterocycles. The summed E-state index contributed by atoms with van der Waals surface area (Å²) in [5.74, 6) is 1.46. The van der Waals surface area contributed by atoms with E-state index in [0.29, 0.717) is 17.8 Å². The van der Waals surface area contributed by atoms with E-state index in [9.17, 15) is 0 Å². The number of hydrogen-bond donors (Lipinski definition) is 0. The maximum absolute atomic E-state index is 6.44. The molecular formula is C36H55O2P. The van der Waals surface area contributed by atoms with E-state index in [1.807, 2.05) is 0 Å². The van der Waals surface area contributed by atoms with Gasteiger partial charge in [-0.25, -0.2) is 0 Å². The van der Waals surface area contributed by atoms with Gasteiger partial charge in [-0.2, -0.15) is 0 Å². The summed E-state index contributed by atoms with van der Waals surface area (Å²) in [5.41, 5.74) is 7.61. The van der Waals surface area contributed by atoms with Gasteiger partial charge in [0.15, 0.2) is 5.79 Å². The fourth-order valence-electron chi connectivity index (χ4n) is 7.69. The zero-order valence-electron chi connectivity index (χ0n) is 26.6. The molecule has 1 spiro atoms. The van der Waals surface area contributed by atoms with Crippen LogP contribution in [0, 0.1) is 17.8 Å². The van der Waals surface area contributed by atoms with Crippen LogP contribution in [0.25, 0.3) is 11.1 Å². The van der Waals surface area contributed by atoms with Gasteiger partial charge in [0.25, 0.3) is 0 Å². The van der Waals surface area contributed by atoms with Gasteiger partial charge in [-0.15, -0.1) is 0 Å². The predicted molar refractivity (Wildman–Crippen MR) is 171 cm³/mol. The van der Waals surface area contributed by atoms with Crippen LogP contribution >= 0.6 is 7.92 Å². The van der Waals surface area contributed by atoms with Gasteiger partial charge in [0.1, 0.15) is 0 Å². The van der Waals surface area contributed by atoms with Gasteiger partial charge >= 0.3 is 0 Å². The van der Waals surface area contributed by atoms with Crippen LogP contribution in [-0.4, -0.2) is 29.3 Å². The Morgan fingerprint density at radius 3 is 1.69 bits per heavy atom. The highest BCUT2D eigenvalue weighted by Gasteiger charge is 2.56. The lowest BCUT2D eigenvalue weighted by atomic mass is 9.84. The largest absolute Gasteiger partial charge is 0.350 e. The average molecular weight is 551 g/mol. The highest BCUT2D eigenvalue weighted by molar-refractivity contribution is 7.69. The highest BCUT2D eigenvalue weighted by Crippen LogP contribution is 2.68. The van der Waals surface area contributed by atoms with E-state index in [0.717, 1.165) is 51.7 Å². The number of rotatable bonds is 8. The van der Waals surface area contributed by atoms with Gasteiger partial charge in [-0.3, -0.25) is 0 Å². The average Bonchev–Trinajstić information content (AvgIpc) is 2.77. The lowest BCUT2D eigenvalue weighted by Gasteiger charge is -2.57. The van der Waals surface area contributed by atoms with Crippen LogP contribution in [0.4, 0.5) is 0 Å². The zero-order chi connectivity index (χ0) is 28.6. The van der Waals surface area contributed by atoms with E-state index in [4.69, 9.17) is 9.47 Å². The molecule has 2 aromatic carbocycles. The van der Waals surface area contributed by atoms with Crippen molar-refractivity contribution in [3.05, 3.63) is 53.1 Å². The van der Waals surface area contributed by atoms with Crippen molar-refractivity contribution in [2.24, 2.45) is 17.8 Å². The van der Waals surface area contributed by atoms with Crippen LogP contribution in [-0.2, 0) is 28.7 Å². The Balaban J connectivity index is 1.90. The molecule has 2 aliphatic rings. The van der Waals surface area contributed by atoms with Crippen molar-refractivity contribution in [1.29, 1.82) is 0 Å². The molecule has 0 amide bonds. The molecule has 0 saturated carbocycles. The van der Waals surface area contributed by atoms with Crippen molar-refractivity contribution in [2.75, 3.05) is 13.2 Å². The monoisotopic (exact) mass is 550 g/mol. The van der Waals surface area contributed by atoms with Crippen molar-refractivity contribution in [2.45, 2.75) is 124 Å². The fraction of sp³-hybridized carbons (Fsp3) is 0.667. The molecule has 0 radical (unpaired) electrons. The molecule has 3 heteroatoms. The van der Waals surface area contributed by atoms with E-state index in [2.05, 4.69) is 106 Å². The molecule has 39 heavy (non-hydrogen) atoms. The smallest absolute Gasteiger partial charge is 0.169 e. The summed E-state index contributed by atoms with van der Waals surface area (Å²) in [7, 11) is -0.496. The van der Waals surface area contributed by atoms with Crippen molar-refractivity contribution in [1.82, 2.24) is 0 Å². The van der Waals surface area contributed by atoms with Crippen LogP contribution in [0.3, 0.4) is 0 Å². The van der Waals surface area contributed by atoms with Gasteiger partial charge in [-0.1, -0.05) is 114 Å². The molecule has 216 valence electrons. The quantitative estimate of drug-likeness (QED) is 0.305. The van der Waals surface area contributed by atoms with Crippen LogP contribution in [0.5, 0.6) is 0 Å². The fourth-order valence-corrected chi connectivity index (χ4v) is 12.1. The molecule has 2 aliphatic heterocycles. The number of ether oxygens (including phenoxy) is 2. The summed E-state index contributed by atoms with van der Waals surface area (Å²) in [6.45, 7) is 25.7. The van der Waals surface area contributed by atoms with Crippen molar-refractivity contribution < 1.29 is 9.47 Å². The summed E-state index contributed by atoms with van der Waals surface area (Å²) in [5, 5.41) is 1.76. The molecule has 0 N–H and O–H groups in total. The Bertz CT molecular complexity index is 1070. The first-order valence-corrected chi connectivity index (χ1v) is 16.9. The minimum Gasteiger partial charge on any atom is -0.350 e. The Morgan fingerprint density at radius 2 is 1.21 bits per heavy atom. The zero-order valence-corrected chi connectivity index (χ0v) is 27.5. The van der Waals surface area contributed by atoms with E-state index in [1.165, 1.54) is 16.7 Å². The predicted octanol–water partition coefficient (Wildman–Crippen LogP) is 9.54. The maximum Gasteiger partial charge on any atom is 0.169 e. The first kappa shape index (κ1) is 30.7. The first-order valence-electron chi connectivity index (χ1n) is 15.6. The standard InChI is InChI=1S/C36H55O2P/c1-25(2)18-28-21-29(19-26(3)4)33(30(22-28)20-27(5)6)31-14-11-12-15-32(31)39-34(7,8)23-36(24-35(39,9)10)37-16-13-17-38-36/h11-12,14-15,21-22,25-27H,13,16-20,23-24H2,1-10H3. The second-order valence-electron chi connectivity index (χ2n) is 14.9. The molecule has 2 fully saturated rings. The second-order valence-corrected chi connectivity index (χ2v) is 18.4. The third-order valence-corrected chi connectivity index (χ3v) is 11.9. The molecular weight excluding hydrogens is 495 g/mol. The second kappa shape index (κ2) is 12.0. The van der Waals surface area contributed by atoms with Gasteiger partial charge in [-0.05, 0) is 86.9 Å². The van der Waals surface area contributed by atoms with Crippen LogP contribution in [0.2, 0.25) is 0 Å². The third kappa shape index (κ3) is 6.99. The normalized spacial score (nSPS) is 20.8. The highest BCUT2D eigenvalue weighted by atomic mass is 31.1. The minimum atomic E-state index is -0.496. The van der Waals surface area contributed by atoms with E-state index < -0.39 is 13.7 Å². The summed E-state index contributed by atoms with van der Waals surface area (Å²) in [6, 6.07) is 14.6. The van der Waals surface area contributed by atoms with E-state index in [-0.39, 0.29) is 10.3 Å². The lowest BCUT2D eigenvalue weighted by molar-refractivity contribution is -0.280. The summed E-state index contributed by atoms with van der Waals surface area (Å²) < 4.78 is 12.9. The van der Waals surface area contributed by atoms with Gasteiger partial charge in [0.05, 0.1) is 13.2 Å². The summed E-state index contributed by atoms with van der Waals surface area (Å²) in [6.07, 6.45) is 6.33. The Hall–Kier alpha value is -1.21. The molecule has 2 nitrogen and oxygen atoms in total. The molecule has 2 saturated heterocycles. The van der Waals surface area contributed by atoms with Crippen LogP contribution < -0.4 is 5.30 Å². The van der Waals surface area contributed by atoms with E-state index in [1.54, 1.807) is 16.4 Å². The summed E-state index contributed by atoms with van der Waals surface area (Å²) in [4.78, 5) is 0. The molecule has 0 aliphatic carbocycles. The van der Waals surface area contributed by atoms with Crippen molar-refractivity contribution >= 4 is 13.2 Å². The van der Waals surface area contributed by atoms with Crippen LogP contribution in [0.1, 0.15) is 105 Å². The number of hydrogen-bond acceptors (Lipinski definition) is 2. The molecule has 2 aromatic rings. The summed E-state index contributed by atoms with van der Waals surface area (Å²) >= 11 is 0. The minimum absolute atomic E-state index is 0.0958. The Labute approximate surface area is 241 Å². The molecule has 0 aromatic heterocycles. The molecule has 0 unspecified atom stereocenters. The van der Waals surface area contributed by atoms with Crippen molar-refractivity contribution in [3.8, 4) is 11.1 Å². The SMILES string of the molecule is CC(C)Cc1cc(CC(C)C)c(-c2ccccc2P2C(C)(C)CC3(CC2(C)C)OCCCO3)c(CC(C)C)c1. The van der Waals surface area contributed by atoms with Gasteiger partial charge in [0.2, 0.25) is 0 Å². The number of benzene rings is 2. The third-order valence-electron chi connectivity index (χ3n) is 8.31. The molecule has 0 atom stereocenters. The lowest BCUT2D eigenvalue weighted by Crippen LogP contribution is -2.56.